The number of nitrogens with one attached hydrogen (secondary N) is 1. The van der Waals surface area contributed by atoms with E-state index >= 15 is 0 Å². The Morgan fingerprint density at radius 3 is 2.53 bits per heavy atom. The highest BCUT2D eigenvalue weighted by Crippen LogP contribution is 2.34. The summed E-state index contributed by atoms with van der Waals surface area (Å²) < 4.78 is 53.9. The van der Waals surface area contributed by atoms with Crippen molar-refractivity contribution in [2.24, 2.45) is 5.92 Å². The molecule has 1 amide bonds. The molecule has 3 N–H and O–H groups in total. The summed E-state index contributed by atoms with van der Waals surface area (Å²) in [6.45, 7) is 6.58. The molecule has 3 rings (SSSR count). The van der Waals surface area contributed by atoms with Crippen LogP contribution in [0, 0.1) is 18.7 Å². The zero-order valence-electron chi connectivity index (χ0n) is 18.4. The van der Waals surface area contributed by atoms with Crippen molar-refractivity contribution >= 4 is 17.4 Å². The topological polar surface area (TPSA) is 71.2 Å². The molecule has 9 heteroatoms. The number of rotatable bonds is 5. The quantitative estimate of drug-likeness (QED) is 0.506. The second-order valence-electron chi connectivity index (χ2n) is 8.51. The van der Waals surface area contributed by atoms with Gasteiger partial charge in [-0.05, 0) is 61.9 Å². The Balaban J connectivity index is 1.84. The molecular formula is C23H28F4N4O. The van der Waals surface area contributed by atoms with Crippen LogP contribution in [-0.2, 0) is 17.5 Å². The Hall–Kier alpha value is -2.84. The lowest BCUT2D eigenvalue weighted by Gasteiger charge is -2.33. The Morgan fingerprint density at radius 2 is 1.94 bits per heavy atom. The van der Waals surface area contributed by atoms with Gasteiger partial charge < -0.3 is 16.0 Å². The van der Waals surface area contributed by atoms with E-state index in [-0.39, 0.29) is 24.0 Å². The van der Waals surface area contributed by atoms with Crippen molar-refractivity contribution in [1.82, 2.24) is 10.3 Å². The van der Waals surface area contributed by atoms with Crippen LogP contribution in [0.3, 0.4) is 0 Å². The van der Waals surface area contributed by atoms with Gasteiger partial charge >= 0.3 is 6.18 Å². The number of hydrogen-bond acceptors (Lipinski definition) is 4. The van der Waals surface area contributed by atoms with Gasteiger partial charge in [-0.1, -0.05) is 13.0 Å². The van der Waals surface area contributed by atoms with E-state index in [1.165, 1.54) is 12.1 Å². The van der Waals surface area contributed by atoms with Gasteiger partial charge in [-0.2, -0.15) is 13.2 Å². The van der Waals surface area contributed by atoms with Crippen LogP contribution in [-0.4, -0.2) is 24.0 Å². The predicted molar refractivity (Wildman–Crippen MR) is 116 cm³/mol. The molecule has 1 aliphatic rings. The normalized spacial score (nSPS) is 16.2. The molecule has 1 fully saturated rings. The lowest BCUT2D eigenvalue weighted by Crippen LogP contribution is -2.36. The third-order valence-corrected chi connectivity index (χ3v) is 6.06. The SMILES string of the molecule is Cc1cc(C(F)(F)F)nc(N2CCC(C)CC2)c1CNC(=O)C(C)c1ccc(N)c(F)c1. The molecular weight excluding hydrogens is 424 g/mol. The van der Waals surface area contributed by atoms with Gasteiger partial charge in [0.2, 0.25) is 5.91 Å². The average Bonchev–Trinajstić information content (AvgIpc) is 2.73. The van der Waals surface area contributed by atoms with E-state index in [4.69, 9.17) is 5.73 Å². The number of carbonyl (C=O) groups is 1. The first-order valence-electron chi connectivity index (χ1n) is 10.6. The number of alkyl halides is 3. The standard InChI is InChI=1S/C23H28F4N4O/c1-13-6-8-31(9-7-13)21-17(14(2)10-20(30-21)23(25,26)27)12-29-22(32)15(3)16-4-5-19(28)18(24)11-16/h4-5,10-11,13,15H,6-9,12,28H2,1-3H3,(H,29,32). The lowest BCUT2D eigenvalue weighted by atomic mass is 9.98. The number of pyridine rings is 1. The van der Waals surface area contributed by atoms with Gasteiger partial charge in [-0.3, -0.25) is 4.79 Å². The molecule has 0 spiro atoms. The minimum absolute atomic E-state index is 0.00620. The summed E-state index contributed by atoms with van der Waals surface area (Å²) in [5.41, 5.74) is 5.96. The van der Waals surface area contributed by atoms with E-state index in [2.05, 4.69) is 17.2 Å². The molecule has 1 aromatic carbocycles. The molecule has 1 aliphatic heterocycles. The van der Waals surface area contributed by atoms with Gasteiger partial charge in [0.25, 0.3) is 0 Å². The van der Waals surface area contributed by atoms with Gasteiger partial charge in [0.1, 0.15) is 17.3 Å². The molecule has 2 aromatic rings. The Kier molecular flexibility index (Phi) is 6.95. The second kappa shape index (κ2) is 9.34. The Morgan fingerprint density at radius 1 is 1.28 bits per heavy atom. The van der Waals surface area contributed by atoms with E-state index in [1.807, 2.05) is 4.90 Å². The van der Waals surface area contributed by atoms with E-state index in [0.29, 0.717) is 35.7 Å². The summed E-state index contributed by atoms with van der Waals surface area (Å²) in [6.07, 6.45) is -2.83. The number of benzene rings is 1. The van der Waals surface area contributed by atoms with Crippen molar-refractivity contribution in [1.29, 1.82) is 0 Å². The zero-order chi connectivity index (χ0) is 23.6. The summed E-state index contributed by atoms with van der Waals surface area (Å²) in [5, 5.41) is 2.78. The Bertz CT molecular complexity index is 985. The molecule has 1 atom stereocenters. The molecule has 32 heavy (non-hydrogen) atoms. The van der Waals surface area contributed by atoms with Gasteiger partial charge in [0.15, 0.2) is 0 Å². The molecule has 1 saturated heterocycles. The van der Waals surface area contributed by atoms with Crippen LogP contribution in [0.2, 0.25) is 0 Å². The summed E-state index contributed by atoms with van der Waals surface area (Å²) in [6, 6.07) is 5.20. The van der Waals surface area contributed by atoms with Crippen LogP contribution in [0.4, 0.5) is 29.1 Å². The van der Waals surface area contributed by atoms with Crippen LogP contribution < -0.4 is 16.0 Å². The smallest absolute Gasteiger partial charge is 0.396 e. The number of aryl methyl sites for hydroxylation is 1. The summed E-state index contributed by atoms with van der Waals surface area (Å²) in [4.78, 5) is 18.5. The van der Waals surface area contributed by atoms with Crippen LogP contribution in [0.25, 0.3) is 0 Å². The van der Waals surface area contributed by atoms with Crippen molar-refractivity contribution in [2.45, 2.75) is 52.3 Å². The number of nitrogen functional groups attached to an aromatic ring is 1. The van der Waals surface area contributed by atoms with Gasteiger partial charge in [0, 0.05) is 25.2 Å². The number of amides is 1. The zero-order valence-corrected chi connectivity index (χ0v) is 18.4. The van der Waals surface area contributed by atoms with E-state index in [0.717, 1.165) is 18.9 Å². The highest BCUT2D eigenvalue weighted by molar-refractivity contribution is 5.83. The second-order valence-corrected chi connectivity index (χ2v) is 8.51. The van der Waals surface area contributed by atoms with Crippen LogP contribution in [0.1, 0.15) is 55.0 Å². The van der Waals surface area contributed by atoms with Gasteiger partial charge in [-0.15, -0.1) is 0 Å². The predicted octanol–water partition coefficient (Wildman–Crippen LogP) is 4.79. The number of piperidine rings is 1. The molecule has 2 heterocycles. The molecule has 5 nitrogen and oxygen atoms in total. The number of hydrogen-bond donors (Lipinski definition) is 2. The maximum absolute atomic E-state index is 13.8. The first kappa shape index (κ1) is 23.8. The first-order valence-corrected chi connectivity index (χ1v) is 10.6. The molecule has 0 bridgehead atoms. The van der Waals surface area contributed by atoms with Crippen LogP contribution in [0.15, 0.2) is 24.3 Å². The number of nitrogens with zero attached hydrogens (tertiary/aromatic N) is 2. The molecule has 0 radical (unpaired) electrons. The van der Waals surface area contributed by atoms with Crippen molar-refractivity contribution in [2.75, 3.05) is 23.7 Å². The molecule has 1 aromatic heterocycles. The average molecular weight is 452 g/mol. The van der Waals surface area contributed by atoms with Crippen molar-refractivity contribution in [3.63, 3.8) is 0 Å². The largest absolute Gasteiger partial charge is 0.433 e. The minimum atomic E-state index is -4.56. The monoisotopic (exact) mass is 452 g/mol. The third-order valence-electron chi connectivity index (χ3n) is 6.06. The van der Waals surface area contributed by atoms with E-state index in [1.54, 1.807) is 19.9 Å². The van der Waals surface area contributed by atoms with Gasteiger partial charge in [-0.25, -0.2) is 9.37 Å². The fourth-order valence-electron chi connectivity index (χ4n) is 3.82. The number of aromatic nitrogens is 1. The van der Waals surface area contributed by atoms with Crippen molar-refractivity contribution in [3.8, 4) is 0 Å². The summed E-state index contributed by atoms with van der Waals surface area (Å²) in [7, 11) is 0. The highest BCUT2D eigenvalue weighted by atomic mass is 19.4. The third kappa shape index (κ3) is 5.31. The van der Waals surface area contributed by atoms with Crippen LogP contribution >= 0.6 is 0 Å². The fraction of sp³-hybridized carbons (Fsp3) is 0.478. The van der Waals surface area contributed by atoms with Crippen molar-refractivity contribution < 1.29 is 22.4 Å². The van der Waals surface area contributed by atoms with Gasteiger partial charge in [0.05, 0.1) is 11.6 Å². The maximum atomic E-state index is 13.8. The van der Waals surface area contributed by atoms with E-state index < -0.39 is 23.6 Å². The minimum Gasteiger partial charge on any atom is -0.396 e. The maximum Gasteiger partial charge on any atom is 0.433 e. The molecule has 174 valence electrons. The first-order chi connectivity index (χ1) is 15.0. The number of anilines is 2. The highest BCUT2D eigenvalue weighted by Gasteiger charge is 2.35. The van der Waals surface area contributed by atoms with Crippen molar-refractivity contribution in [3.05, 3.63) is 52.5 Å². The molecule has 1 unspecified atom stereocenters. The number of carbonyl (C=O) groups excluding carboxylic acids is 1. The molecule has 0 saturated carbocycles. The van der Waals surface area contributed by atoms with E-state index in [9.17, 15) is 22.4 Å². The number of nitrogens with two attached hydrogens (primary N) is 1. The summed E-state index contributed by atoms with van der Waals surface area (Å²) in [5.74, 6) is -0.872. The molecule has 0 aliphatic carbocycles. The van der Waals surface area contributed by atoms with Crippen LogP contribution in [0.5, 0.6) is 0 Å². The fourth-order valence-corrected chi connectivity index (χ4v) is 3.82. The summed E-state index contributed by atoms with van der Waals surface area (Å²) >= 11 is 0. The number of halogens is 4. The lowest BCUT2D eigenvalue weighted by molar-refractivity contribution is -0.141. The Labute approximate surface area is 185 Å².